The zero-order valence-electron chi connectivity index (χ0n) is 19.9. The number of methoxy groups -OCH3 is 1. The Kier molecular flexibility index (Phi) is 7.44. The summed E-state index contributed by atoms with van der Waals surface area (Å²) in [4.78, 5) is 52.2. The Morgan fingerprint density at radius 1 is 1.15 bits per heavy atom. The van der Waals surface area contributed by atoms with E-state index in [1.807, 2.05) is 0 Å². The standard InChI is InChI=1S/C23H29N5O4S2/c1-5-27(6-2)11-16-25-20-18(14-9-7-8-10-15(14)33-20)21(30)28(16)12-17(29)26-23-24-13(3)19(34-23)22(31)32-4/h5-12H2,1-4H3,(H,24,26,29). The fourth-order valence-corrected chi connectivity index (χ4v) is 6.42. The largest absolute Gasteiger partial charge is 0.465 e. The zero-order chi connectivity index (χ0) is 24.4. The number of hydrogen-bond donors (Lipinski definition) is 1. The first-order valence-electron chi connectivity index (χ1n) is 11.5. The smallest absolute Gasteiger partial charge is 0.350 e. The first-order chi connectivity index (χ1) is 16.4. The highest BCUT2D eigenvalue weighted by atomic mass is 32.1. The number of aryl methyl sites for hydroxylation is 3. The summed E-state index contributed by atoms with van der Waals surface area (Å²) in [5, 5.41) is 3.69. The van der Waals surface area contributed by atoms with Gasteiger partial charge in [0.2, 0.25) is 5.91 Å². The highest BCUT2D eigenvalue weighted by Crippen LogP contribution is 2.34. The highest BCUT2D eigenvalue weighted by molar-refractivity contribution is 7.19. The summed E-state index contributed by atoms with van der Waals surface area (Å²) in [5.41, 5.74) is 1.43. The Hall–Kier alpha value is -2.63. The van der Waals surface area contributed by atoms with Gasteiger partial charge in [0.1, 0.15) is 22.1 Å². The van der Waals surface area contributed by atoms with E-state index >= 15 is 0 Å². The van der Waals surface area contributed by atoms with E-state index in [9.17, 15) is 14.4 Å². The monoisotopic (exact) mass is 503 g/mol. The summed E-state index contributed by atoms with van der Waals surface area (Å²) in [5.74, 6) is -0.302. The van der Waals surface area contributed by atoms with E-state index in [0.29, 0.717) is 33.5 Å². The van der Waals surface area contributed by atoms with Gasteiger partial charge in [-0.05, 0) is 51.3 Å². The second kappa shape index (κ2) is 10.3. The number of hydrogen-bond acceptors (Lipinski definition) is 9. The fraction of sp³-hybridized carbons (Fsp3) is 0.522. The molecule has 3 aromatic rings. The van der Waals surface area contributed by atoms with Crippen molar-refractivity contribution in [2.45, 2.75) is 59.5 Å². The lowest BCUT2D eigenvalue weighted by molar-refractivity contribution is -0.116. The fourth-order valence-electron chi connectivity index (χ4n) is 4.25. The third kappa shape index (κ3) is 4.77. The summed E-state index contributed by atoms with van der Waals surface area (Å²) in [6.45, 7) is 7.74. The third-order valence-corrected chi connectivity index (χ3v) is 8.37. The summed E-state index contributed by atoms with van der Waals surface area (Å²) in [7, 11) is 1.30. The molecule has 9 nitrogen and oxygen atoms in total. The predicted octanol–water partition coefficient (Wildman–Crippen LogP) is 3.37. The van der Waals surface area contributed by atoms with Gasteiger partial charge in [-0.2, -0.15) is 0 Å². The van der Waals surface area contributed by atoms with Crippen LogP contribution in [0.15, 0.2) is 4.79 Å². The summed E-state index contributed by atoms with van der Waals surface area (Å²) < 4.78 is 6.26. The number of nitrogens with one attached hydrogen (secondary N) is 1. The summed E-state index contributed by atoms with van der Waals surface area (Å²) in [6, 6.07) is 0. The maximum Gasteiger partial charge on any atom is 0.350 e. The molecule has 0 saturated heterocycles. The molecular formula is C23H29N5O4S2. The Labute approximate surface area is 205 Å². The number of amides is 1. The van der Waals surface area contributed by atoms with E-state index in [2.05, 4.69) is 29.0 Å². The molecule has 1 N–H and O–H groups in total. The van der Waals surface area contributed by atoms with Gasteiger partial charge >= 0.3 is 5.97 Å². The quantitative estimate of drug-likeness (QED) is 0.470. The summed E-state index contributed by atoms with van der Waals surface area (Å²) >= 11 is 2.67. The number of carbonyl (C=O) groups is 2. The van der Waals surface area contributed by atoms with Gasteiger partial charge in [0.05, 0.1) is 24.7 Å². The molecule has 1 amide bonds. The van der Waals surface area contributed by atoms with Crippen molar-refractivity contribution >= 4 is 49.9 Å². The van der Waals surface area contributed by atoms with E-state index in [1.165, 1.54) is 16.6 Å². The maximum absolute atomic E-state index is 13.7. The van der Waals surface area contributed by atoms with Gasteiger partial charge in [-0.25, -0.2) is 14.8 Å². The lowest BCUT2D eigenvalue weighted by Crippen LogP contribution is -2.34. The molecule has 0 spiro atoms. The molecule has 0 atom stereocenters. The molecule has 3 heterocycles. The van der Waals surface area contributed by atoms with Crippen molar-refractivity contribution < 1.29 is 14.3 Å². The summed E-state index contributed by atoms with van der Waals surface area (Å²) in [6.07, 6.45) is 4.05. The number of anilines is 1. The van der Waals surface area contributed by atoms with Crippen molar-refractivity contribution in [1.82, 2.24) is 19.4 Å². The minimum Gasteiger partial charge on any atom is -0.465 e. The van der Waals surface area contributed by atoms with Crippen LogP contribution in [-0.2, 0) is 35.5 Å². The third-order valence-electron chi connectivity index (χ3n) is 6.13. The highest BCUT2D eigenvalue weighted by Gasteiger charge is 2.24. The first-order valence-corrected chi connectivity index (χ1v) is 13.1. The average molecular weight is 504 g/mol. The van der Waals surface area contributed by atoms with Gasteiger partial charge in [0.25, 0.3) is 5.56 Å². The Bertz CT molecular complexity index is 1290. The van der Waals surface area contributed by atoms with Gasteiger partial charge in [-0.1, -0.05) is 25.2 Å². The average Bonchev–Trinajstić information content (AvgIpc) is 3.38. The molecule has 0 saturated carbocycles. The van der Waals surface area contributed by atoms with Crippen LogP contribution in [0.3, 0.4) is 0 Å². The van der Waals surface area contributed by atoms with E-state index in [0.717, 1.165) is 60.5 Å². The number of aromatic nitrogens is 3. The number of ether oxygens (including phenoxy) is 1. The predicted molar refractivity (Wildman–Crippen MR) is 134 cm³/mol. The van der Waals surface area contributed by atoms with Crippen LogP contribution in [0, 0.1) is 6.92 Å². The molecular weight excluding hydrogens is 474 g/mol. The van der Waals surface area contributed by atoms with E-state index in [-0.39, 0.29) is 12.1 Å². The Morgan fingerprint density at radius 2 is 1.88 bits per heavy atom. The van der Waals surface area contributed by atoms with Gasteiger partial charge < -0.3 is 10.1 Å². The van der Waals surface area contributed by atoms with Gasteiger partial charge in [-0.15, -0.1) is 11.3 Å². The van der Waals surface area contributed by atoms with Gasteiger partial charge in [-0.3, -0.25) is 19.1 Å². The number of esters is 1. The van der Waals surface area contributed by atoms with Crippen LogP contribution in [0.4, 0.5) is 5.13 Å². The van der Waals surface area contributed by atoms with Crippen molar-refractivity contribution in [2.24, 2.45) is 0 Å². The number of carbonyl (C=O) groups excluding carboxylic acids is 2. The van der Waals surface area contributed by atoms with Gasteiger partial charge in [0.15, 0.2) is 5.13 Å². The molecule has 34 heavy (non-hydrogen) atoms. The molecule has 4 rings (SSSR count). The second-order valence-corrected chi connectivity index (χ2v) is 10.3. The minimum absolute atomic E-state index is 0.160. The van der Waals surface area contributed by atoms with Crippen molar-refractivity contribution in [3.8, 4) is 0 Å². The molecule has 0 radical (unpaired) electrons. The molecule has 0 aromatic carbocycles. The molecule has 182 valence electrons. The van der Waals surface area contributed by atoms with E-state index in [4.69, 9.17) is 9.72 Å². The molecule has 1 aliphatic carbocycles. The Morgan fingerprint density at radius 3 is 2.59 bits per heavy atom. The van der Waals surface area contributed by atoms with Crippen molar-refractivity contribution in [1.29, 1.82) is 0 Å². The normalized spacial score (nSPS) is 13.3. The zero-order valence-corrected chi connectivity index (χ0v) is 21.5. The van der Waals surface area contributed by atoms with Crippen LogP contribution >= 0.6 is 22.7 Å². The maximum atomic E-state index is 13.7. The molecule has 11 heteroatoms. The van der Waals surface area contributed by atoms with Gasteiger partial charge in [0, 0.05) is 4.88 Å². The van der Waals surface area contributed by atoms with Crippen molar-refractivity contribution in [2.75, 3.05) is 25.5 Å². The topological polar surface area (TPSA) is 106 Å². The van der Waals surface area contributed by atoms with E-state index < -0.39 is 11.9 Å². The van der Waals surface area contributed by atoms with Crippen molar-refractivity contribution in [3.63, 3.8) is 0 Å². The number of thiazole rings is 1. The van der Waals surface area contributed by atoms with Crippen LogP contribution in [0.5, 0.6) is 0 Å². The molecule has 3 aromatic heterocycles. The molecule has 0 bridgehead atoms. The molecule has 0 unspecified atom stereocenters. The Balaban J connectivity index is 1.69. The first kappa shape index (κ1) is 24.5. The van der Waals surface area contributed by atoms with Crippen molar-refractivity contribution in [3.05, 3.63) is 37.2 Å². The van der Waals surface area contributed by atoms with Crippen LogP contribution in [-0.4, -0.2) is 51.5 Å². The van der Waals surface area contributed by atoms with Crippen LogP contribution < -0.4 is 10.9 Å². The second-order valence-electron chi connectivity index (χ2n) is 8.25. The number of nitrogens with zero attached hydrogens (tertiary/aromatic N) is 4. The SMILES string of the molecule is CCN(CC)Cc1nc2sc3c(c2c(=O)n1CC(=O)Nc1nc(C)c(C(=O)OC)s1)CCCC3. The molecule has 0 aliphatic heterocycles. The number of thiophene rings is 1. The lowest BCUT2D eigenvalue weighted by atomic mass is 9.97. The molecule has 1 aliphatic rings. The van der Waals surface area contributed by atoms with Crippen LogP contribution in [0.25, 0.3) is 10.2 Å². The number of rotatable bonds is 8. The number of fused-ring (bicyclic) bond motifs is 3. The van der Waals surface area contributed by atoms with Crippen LogP contribution in [0.2, 0.25) is 0 Å². The lowest BCUT2D eigenvalue weighted by Gasteiger charge is -2.20. The molecule has 0 fully saturated rings. The minimum atomic E-state index is -0.495. The van der Waals surface area contributed by atoms with E-state index in [1.54, 1.807) is 18.3 Å². The van der Waals surface area contributed by atoms with Crippen LogP contribution in [0.1, 0.15) is 58.3 Å².